The highest BCUT2D eigenvalue weighted by molar-refractivity contribution is 6.21. The molecule has 0 saturated carbocycles. The third-order valence-electron chi connectivity index (χ3n) is 3.40. The van der Waals surface area contributed by atoms with Crippen molar-refractivity contribution >= 4 is 23.5 Å². The van der Waals surface area contributed by atoms with Crippen molar-refractivity contribution in [1.29, 1.82) is 0 Å². The van der Waals surface area contributed by atoms with Crippen molar-refractivity contribution in [1.82, 2.24) is 5.32 Å². The fraction of sp³-hybridized carbons (Fsp3) is 0.111. The summed E-state index contributed by atoms with van der Waals surface area (Å²) in [7, 11) is 1.77. The summed E-state index contributed by atoms with van der Waals surface area (Å²) in [5, 5.41) is 5.72. The second kappa shape index (κ2) is 6.72. The summed E-state index contributed by atoms with van der Waals surface area (Å²) in [6.45, 7) is 5.79. The van der Waals surface area contributed by atoms with E-state index >= 15 is 0 Å². The number of hydrogen-bond donors (Lipinski definition) is 2. The molecule has 0 fully saturated rings. The lowest BCUT2D eigenvalue weighted by molar-refractivity contribution is -0.116. The van der Waals surface area contributed by atoms with Crippen molar-refractivity contribution < 1.29 is 9.59 Å². The third kappa shape index (κ3) is 3.06. The zero-order chi connectivity index (χ0) is 16.1. The zero-order valence-corrected chi connectivity index (χ0v) is 12.6. The summed E-state index contributed by atoms with van der Waals surface area (Å²) in [5.74, 6) is -0.346. The molecule has 0 radical (unpaired) electrons. The minimum Gasteiger partial charge on any atom is -0.388 e. The quantitative estimate of drug-likeness (QED) is 0.666. The van der Waals surface area contributed by atoms with Gasteiger partial charge in [0.2, 0.25) is 0 Å². The van der Waals surface area contributed by atoms with Crippen LogP contribution < -0.4 is 10.6 Å². The Morgan fingerprint density at radius 1 is 1.27 bits per heavy atom. The maximum absolute atomic E-state index is 12.4. The summed E-state index contributed by atoms with van der Waals surface area (Å²) >= 11 is 0. The lowest BCUT2D eigenvalue weighted by Crippen LogP contribution is -2.23. The van der Waals surface area contributed by atoms with E-state index in [2.05, 4.69) is 17.2 Å². The van der Waals surface area contributed by atoms with Crippen LogP contribution in [-0.2, 0) is 9.59 Å². The molecule has 2 rings (SSSR count). The van der Waals surface area contributed by atoms with Crippen molar-refractivity contribution in [3.63, 3.8) is 0 Å². The SMILES string of the molecule is C=C1/C=C\C(C)=C/NC(=O)/C1=C(/C=O)c1ccccc1NC. The monoisotopic (exact) mass is 294 g/mol. The van der Waals surface area contributed by atoms with Gasteiger partial charge in [-0.15, -0.1) is 0 Å². The zero-order valence-electron chi connectivity index (χ0n) is 12.6. The lowest BCUT2D eigenvalue weighted by Gasteiger charge is -2.15. The van der Waals surface area contributed by atoms with E-state index in [0.717, 1.165) is 11.3 Å². The number of anilines is 1. The van der Waals surface area contributed by atoms with E-state index in [-0.39, 0.29) is 11.5 Å². The van der Waals surface area contributed by atoms with E-state index in [1.54, 1.807) is 25.4 Å². The van der Waals surface area contributed by atoms with Crippen molar-refractivity contribution in [2.45, 2.75) is 6.92 Å². The number of aldehydes is 1. The Labute approximate surface area is 129 Å². The Balaban J connectivity index is 2.66. The summed E-state index contributed by atoms with van der Waals surface area (Å²) < 4.78 is 0. The Morgan fingerprint density at radius 2 is 2.00 bits per heavy atom. The summed E-state index contributed by atoms with van der Waals surface area (Å²) in [6, 6.07) is 7.33. The maximum atomic E-state index is 12.4. The van der Waals surface area contributed by atoms with E-state index in [1.165, 1.54) is 0 Å². The van der Waals surface area contributed by atoms with Gasteiger partial charge in [0.15, 0.2) is 6.29 Å². The van der Waals surface area contributed by atoms with Gasteiger partial charge in [-0.25, -0.2) is 0 Å². The third-order valence-corrected chi connectivity index (χ3v) is 3.40. The Bertz CT molecular complexity index is 724. The molecule has 1 aromatic carbocycles. The van der Waals surface area contributed by atoms with Crippen LogP contribution in [0.4, 0.5) is 5.69 Å². The van der Waals surface area contributed by atoms with Gasteiger partial charge in [0.25, 0.3) is 5.91 Å². The van der Waals surface area contributed by atoms with Gasteiger partial charge in [0.05, 0.1) is 5.57 Å². The largest absolute Gasteiger partial charge is 0.388 e. The van der Waals surface area contributed by atoms with Gasteiger partial charge in [-0.1, -0.05) is 36.9 Å². The average Bonchev–Trinajstić information content (AvgIpc) is 2.54. The number of amides is 1. The first-order chi connectivity index (χ1) is 10.6. The summed E-state index contributed by atoms with van der Waals surface area (Å²) in [5.41, 5.74) is 3.42. The maximum Gasteiger partial charge on any atom is 0.256 e. The molecule has 1 amide bonds. The standard InChI is InChI=1S/C18H18N2O2/c1-12-8-9-13(2)17(18(22)20-10-12)15(11-21)14-6-4-5-7-16(14)19-3/h4-11,19H,2H2,1,3H3,(H,20,22)/b9-8-,12-10-,17-15-. The highest BCUT2D eigenvalue weighted by Gasteiger charge is 2.20. The molecule has 1 heterocycles. The molecule has 2 N–H and O–H groups in total. The minimum atomic E-state index is -0.346. The van der Waals surface area contributed by atoms with Gasteiger partial charge in [-0.05, 0) is 24.1 Å². The number of hydrogen-bond acceptors (Lipinski definition) is 3. The van der Waals surface area contributed by atoms with Crippen LogP contribution in [0.1, 0.15) is 12.5 Å². The fourth-order valence-corrected chi connectivity index (χ4v) is 2.25. The molecule has 0 bridgehead atoms. The normalized spacial score (nSPS) is 20.9. The van der Waals surface area contributed by atoms with Crippen molar-refractivity contribution in [3.8, 4) is 0 Å². The predicted octanol–water partition coefficient (Wildman–Crippen LogP) is 2.83. The van der Waals surface area contributed by atoms with Crippen molar-refractivity contribution in [3.05, 3.63) is 71.5 Å². The van der Waals surface area contributed by atoms with Gasteiger partial charge >= 0.3 is 0 Å². The van der Waals surface area contributed by atoms with E-state index in [1.807, 2.05) is 31.2 Å². The molecule has 1 aliphatic heterocycles. The van der Waals surface area contributed by atoms with Crippen LogP contribution in [-0.4, -0.2) is 19.2 Å². The van der Waals surface area contributed by atoms with Gasteiger partial charge < -0.3 is 10.6 Å². The Hall–Kier alpha value is -2.88. The van der Waals surface area contributed by atoms with Crippen LogP contribution in [0.25, 0.3) is 5.57 Å². The highest BCUT2D eigenvalue weighted by atomic mass is 16.1. The molecule has 112 valence electrons. The predicted molar refractivity (Wildman–Crippen MR) is 89.2 cm³/mol. The van der Waals surface area contributed by atoms with Gasteiger partial charge in [0, 0.05) is 30.1 Å². The number of para-hydroxylation sites is 1. The molecule has 1 aromatic rings. The second-order valence-electron chi connectivity index (χ2n) is 4.92. The molecule has 1 aliphatic rings. The number of rotatable bonds is 3. The summed E-state index contributed by atoms with van der Waals surface area (Å²) in [6.07, 6.45) is 5.89. The lowest BCUT2D eigenvalue weighted by atomic mass is 9.93. The Morgan fingerprint density at radius 3 is 2.68 bits per heavy atom. The van der Waals surface area contributed by atoms with Crippen molar-refractivity contribution in [2.75, 3.05) is 12.4 Å². The molecule has 22 heavy (non-hydrogen) atoms. The molecule has 0 saturated heterocycles. The number of allylic oxidation sites excluding steroid dienone is 4. The Kier molecular flexibility index (Phi) is 4.73. The molecule has 0 aliphatic carbocycles. The summed E-state index contributed by atoms with van der Waals surface area (Å²) in [4.78, 5) is 24.1. The van der Waals surface area contributed by atoms with Crippen LogP contribution in [0.15, 0.2) is 65.9 Å². The van der Waals surface area contributed by atoms with Crippen LogP contribution in [0.3, 0.4) is 0 Å². The molecular weight excluding hydrogens is 276 g/mol. The highest BCUT2D eigenvalue weighted by Crippen LogP contribution is 2.28. The molecule has 0 aromatic heterocycles. The number of nitrogens with one attached hydrogen (secondary N) is 2. The molecule has 0 atom stereocenters. The van der Waals surface area contributed by atoms with E-state index in [0.29, 0.717) is 23.0 Å². The molecule has 4 heteroatoms. The van der Waals surface area contributed by atoms with Crippen LogP contribution in [0, 0.1) is 0 Å². The first-order valence-electron chi connectivity index (χ1n) is 6.90. The molecule has 0 unspecified atom stereocenters. The molecular formula is C18H18N2O2. The van der Waals surface area contributed by atoms with Gasteiger partial charge in [0.1, 0.15) is 0 Å². The molecule has 4 nitrogen and oxygen atoms in total. The number of benzene rings is 1. The van der Waals surface area contributed by atoms with Gasteiger partial charge in [-0.3, -0.25) is 9.59 Å². The van der Waals surface area contributed by atoms with E-state index < -0.39 is 0 Å². The molecule has 0 spiro atoms. The average molecular weight is 294 g/mol. The first kappa shape index (κ1) is 15.5. The first-order valence-corrected chi connectivity index (χ1v) is 6.90. The van der Waals surface area contributed by atoms with Crippen LogP contribution in [0.5, 0.6) is 0 Å². The number of carbonyl (C=O) groups excluding carboxylic acids is 2. The number of carbonyl (C=O) groups is 2. The smallest absolute Gasteiger partial charge is 0.256 e. The van der Waals surface area contributed by atoms with Gasteiger partial charge in [-0.2, -0.15) is 0 Å². The fourth-order valence-electron chi connectivity index (χ4n) is 2.25. The van der Waals surface area contributed by atoms with Crippen LogP contribution in [0.2, 0.25) is 0 Å². The van der Waals surface area contributed by atoms with Crippen molar-refractivity contribution in [2.24, 2.45) is 0 Å². The minimum absolute atomic E-state index is 0.276. The topological polar surface area (TPSA) is 58.2 Å². The van der Waals surface area contributed by atoms with Crippen LogP contribution >= 0.6 is 0 Å². The van der Waals surface area contributed by atoms with E-state index in [4.69, 9.17) is 0 Å². The van der Waals surface area contributed by atoms with E-state index in [9.17, 15) is 9.59 Å². The second-order valence-corrected chi connectivity index (χ2v) is 4.92.